The molecule has 1 unspecified atom stereocenters. The van der Waals surface area contributed by atoms with Crippen LogP contribution in [0, 0.1) is 11.8 Å². The van der Waals surface area contributed by atoms with Crippen molar-refractivity contribution in [3.8, 4) is 0 Å². The summed E-state index contributed by atoms with van der Waals surface area (Å²) in [5.74, 6) is 1.45. The molecule has 0 aromatic heterocycles. The third-order valence-corrected chi connectivity index (χ3v) is 5.46. The van der Waals surface area contributed by atoms with Gasteiger partial charge in [-0.05, 0) is 37.8 Å². The number of rotatable bonds is 6. The Labute approximate surface area is 142 Å². The minimum atomic E-state index is -0.0341. The summed E-state index contributed by atoms with van der Waals surface area (Å²) in [6, 6.07) is 10.2. The maximum Gasteiger partial charge on any atom is 0.225 e. The first-order valence-electron chi connectivity index (χ1n) is 8.48. The molecule has 1 heterocycles. The van der Waals surface area contributed by atoms with Crippen LogP contribution < -0.4 is 5.32 Å². The Hall–Kier alpha value is -1.49. The lowest BCUT2D eigenvalue weighted by Gasteiger charge is -2.32. The molecule has 0 radical (unpaired) electrons. The summed E-state index contributed by atoms with van der Waals surface area (Å²) in [6.45, 7) is 2.10. The number of hydrogen-bond acceptors (Lipinski definition) is 3. The number of carbonyl (C=O) groups excluding carboxylic acids is 2. The van der Waals surface area contributed by atoms with Gasteiger partial charge >= 0.3 is 0 Å². The van der Waals surface area contributed by atoms with E-state index in [1.54, 1.807) is 11.8 Å². The van der Waals surface area contributed by atoms with Gasteiger partial charge in [0.25, 0.3) is 0 Å². The first kappa shape index (κ1) is 16.4. The van der Waals surface area contributed by atoms with Crippen molar-refractivity contribution in [1.82, 2.24) is 10.2 Å². The van der Waals surface area contributed by atoms with E-state index in [0.29, 0.717) is 13.1 Å². The summed E-state index contributed by atoms with van der Waals surface area (Å²) in [6.07, 6.45) is 3.90. The maximum atomic E-state index is 12.3. The monoisotopic (exact) mass is 332 g/mol. The molecule has 1 aliphatic heterocycles. The Morgan fingerprint density at radius 1 is 1.13 bits per heavy atom. The van der Waals surface area contributed by atoms with E-state index in [4.69, 9.17) is 0 Å². The zero-order valence-electron chi connectivity index (χ0n) is 13.4. The topological polar surface area (TPSA) is 49.4 Å². The zero-order chi connectivity index (χ0) is 16.1. The predicted molar refractivity (Wildman–Crippen MR) is 92.2 cm³/mol. The van der Waals surface area contributed by atoms with Gasteiger partial charge in [0.1, 0.15) is 0 Å². The lowest BCUT2D eigenvalue weighted by Crippen LogP contribution is -2.46. The van der Waals surface area contributed by atoms with Crippen LogP contribution in [0.4, 0.5) is 0 Å². The van der Waals surface area contributed by atoms with Crippen molar-refractivity contribution in [3.05, 3.63) is 30.3 Å². The molecule has 0 spiro atoms. The molecule has 2 amide bonds. The second-order valence-corrected chi connectivity index (χ2v) is 7.52. The van der Waals surface area contributed by atoms with Crippen LogP contribution in [0.25, 0.3) is 0 Å². The predicted octanol–water partition coefficient (Wildman–Crippen LogP) is 2.54. The largest absolute Gasteiger partial charge is 0.355 e. The van der Waals surface area contributed by atoms with E-state index in [-0.39, 0.29) is 23.7 Å². The molecule has 2 fully saturated rings. The average molecular weight is 332 g/mol. The van der Waals surface area contributed by atoms with Gasteiger partial charge in [0.2, 0.25) is 11.8 Å². The van der Waals surface area contributed by atoms with E-state index in [2.05, 4.69) is 17.4 Å². The number of piperidine rings is 1. The van der Waals surface area contributed by atoms with Gasteiger partial charge in [0.15, 0.2) is 0 Å². The first-order valence-corrected chi connectivity index (χ1v) is 9.47. The summed E-state index contributed by atoms with van der Waals surface area (Å²) in [4.78, 5) is 27.6. The van der Waals surface area contributed by atoms with Crippen LogP contribution in [0.5, 0.6) is 0 Å². The highest BCUT2D eigenvalue weighted by Crippen LogP contribution is 2.32. The second-order valence-electron chi connectivity index (χ2n) is 6.35. The summed E-state index contributed by atoms with van der Waals surface area (Å²) in [5, 5.41) is 3.03. The average Bonchev–Trinajstić information content (AvgIpc) is 3.44. The molecule has 2 aliphatic rings. The summed E-state index contributed by atoms with van der Waals surface area (Å²) in [5.41, 5.74) is 0. The van der Waals surface area contributed by atoms with E-state index in [1.165, 1.54) is 4.90 Å². The van der Waals surface area contributed by atoms with Gasteiger partial charge in [-0.3, -0.25) is 9.59 Å². The summed E-state index contributed by atoms with van der Waals surface area (Å²) >= 11 is 1.75. The number of amides is 2. The second kappa shape index (κ2) is 7.86. The molecule has 1 atom stereocenters. The van der Waals surface area contributed by atoms with Crippen LogP contribution in [-0.4, -0.2) is 42.1 Å². The van der Waals surface area contributed by atoms with Gasteiger partial charge in [0, 0.05) is 36.2 Å². The van der Waals surface area contributed by atoms with Crippen molar-refractivity contribution in [2.45, 2.75) is 30.6 Å². The lowest BCUT2D eigenvalue weighted by atomic mass is 9.97. The maximum absolute atomic E-state index is 12.3. The molecule has 23 heavy (non-hydrogen) atoms. The SMILES string of the molecule is O=C(NCCSc1ccccc1)C1CCCN(C(=O)C2CC2)C1. The molecule has 124 valence electrons. The van der Waals surface area contributed by atoms with Gasteiger partial charge in [-0.1, -0.05) is 18.2 Å². The Morgan fingerprint density at radius 3 is 2.65 bits per heavy atom. The van der Waals surface area contributed by atoms with Crippen LogP contribution in [0.2, 0.25) is 0 Å². The number of thioether (sulfide) groups is 1. The Bertz CT molecular complexity index is 545. The number of nitrogens with zero attached hydrogens (tertiary/aromatic N) is 1. The quantitative estimate of drug-likeness (QED) is 0.643. The molecule has 1 aromatic rings. The van der Waals surface area contributed by atoms with Crippen LogP contribution in [0.3, 0.4) is 0 Å². The van der Waals surface area contributed by atoms with Crippen LogP contribution in [0.1, 0.15) is 25.7 Å². The first-order chi connectivity index (χ1) is 11.2. The minimum Gasteiger partial charge on any atom is -0.355 e. The number of likely N-dealkylation sites (tertiary alicyclic amines) is 1. The normalized spacial score (nSPS) is 21.0. The van der Waals surface area contributed by atoms with Crippen LogP contribution >= 0.6 is 11.8 Å². The highest BCUT2D eigenvalue weighted by molar-refractivity contribution is 7.99. The Balaban J connectivity index is 1.38. The van der Waals surface area contributed by atoms with E-state index in [9.17, 15) is 9.59 Å². The Morgan fingerprint density at radius 2 is 1.91 bits per heavy atom. The summed E-state index contributed by atoms with van der Waals surface area (Å²) in [7, 11) is 0. The molecule has 4 nitrogen and oxygen atoms in total. The third kappa shape index (κ3) is 4.74. The van der Waals surface area contributed by atoms with Crippen molar-refractivity contribution >= 4 is 23.6 Å². The summed E-state index contributed by atoms with van der Waals surface area (Å²) < 4.78 is 0. The van der Waals surface area contributed by atoms with Crippen molar-refractivity contribution in [1.29, 1.82) is 0 Å². The third-order valence-electron chi connectivity index (χ3n) is 4.44. The van der Waals surface area contributed by atoms with E-state index in [1.807, 2.05) is 23.1 Å². The van der Waals surface area contributed by atoms with Gasteiger partial charge in [-0.15, -0.1) is 11.8 Å². The molecule has 1 aliphatic carbocycles. The lowest BCUT2D eigenvalue weighted by molar-refractivity contribution is -0.136. The smallest absolute Gasteiger partial charge is 0.225 e. The molecule has 1 aromatic carbocycles. The molecular weight excluding hydrogens is 308 g/mol. The number of nitrogens with one attached hydrogen (secondary N) is 1. The molecule has 1 saturated carbocycles. The molecule has 1 N–H and O–H groups in total. The molecule has 1 saturated heterocycles. The molecule has 3 rings (SSSR count). The van der Waals surface area contributed by atoms with Gasteiger partial charge in [-0.25, -0.2) is 0 Å². The van der Waals surface area contributed by atoms with Gasteiger partial charge < -0.3 is 10.2 Å². The van der Waals surface area contributed by atoms with Crippen molar-refractivity contribution < 1.29 is 9.59 Å². The minimum absolute atomic E-state index is 0.0341. The fraction of sp³-hybridized carbons (Fsp3) is 0.556. The molecular formula is C18H24N2O2S. The van der Waals surface area contributed by atoms with Crippen molar-refractivity contribution in [2.75, 3.05) is 25.4 Å². The van der Waals surface area contributed by atoms with Crippen LogP contribution in [-0.2, 0) is 9.59 Å². The van der Waals surface area contributed by atoms with Crippen molar-refractivity contribution in [3.63, 3.8) is 0 Å². The molecule has 5 heteroatoms. The van der Waals surface area contributed by atoms with E-state index < -0.39 is 0 Å². The zero-order valence-corrected chi connectivity index (χ0v) is 14.2. The van der Waals surface area contributed by atoms with Gasteiger partial charge in [0.05, 0.1) is 5.92 Å². The number of hydrogen-bond donors (Lipinski definition) is 1. The Kier molecular flexibility index (Phi) is 5.60. The fourth-order valence-corrected chi connectivity index (χ4v) is 3.77. The highest BCUT2D eigenvalue weighted by atomic mass is 32.2. The van der Waals surface area contributed by atoms with Crippen molar-refractivity contribution in [2.24, 2.45) is 11.8 Å². The van der Waals surface area contributed by atoms with Gasteiger partial charge in [-0.2, -0.15) is 0 Å². The fourth-order valence-electron chi connectivity index (χ4n) is 2.98. The molecule has 0 bridgehead atoms. The van der Waals surface area contributed by atoms with Crippen LogP contribution in [0.15, 0.2) is 35.2 Å². The van der Waals surface area contributed by atoms with E-state index in [0.717, 1.165) is 38.0 Å². The highest BCUT2D eigenvalue weighted by Gasteiger charge is 2.36. The number of carbonyl (C=O) groups is 2. The number of benzene rings is 1. The standard InChI is InChI=1S/C18H24N2O2S/c21-17(19-10-12-23-16-6-2-1-3-7-16)15-5-4-11-20(13-15)18(22)14-8-9-14/h1-3,6-7,14-15H,4-5,8-13H2,(H,19,21). The van der Waals surface area contributed by atoms with E-state index >= 15 is 0 Å².